The lowest BCUT2D eigenvalue weighted by atomic mass is 10.0. The number of nitrogens with zero attached hydrogens (tertiary/aromatic N) is 1. The van der Waals surface area contributed by atoms with Gasteiger partial charge in [0, 0.05) is 32.6 Å². The zero-order valence-electron chi connectivity index (χ0n) is 14.7. The van der Waals surface area contributed by atoms with Crippen LogP contribution in [0.15, 0.2) is 0 Å². The number of ether oxygens (including phenoxy) is 1. The molecule has 0 aromatic carbocycles. The van der Waals surface area contributed by atoms with Crippen LogP contribution in [0.4, 0.5) is 0 Å². The van der Waals surface area contributed by atoms with Gasteiger partial charge in [0.05, 0.1) is 12.2 Å². The molecule has 2 amide bonds. The Morgan fingerprint density at radius 1 is 1.18 bits per heavy atom. The van der Waals surface area contributed by atoms with E-state index < -0.39 is 6.04 Å². The molecule has 1 heterocycles. The monoisotopic (exact) mass is 313 g/mol. The van der Waals surface area contributed by atoms with Gasteiger partial charge in [0.2, 0.25) is 11.8 Å². The maximum atomic E-state index is 12.3. The average molecular weight is 313 g/mol. The Balaban J connectivity index is 2.49. The zero-order valence-corrected chi connectivity index (χ0v) is 14.7. The number of nitrogens with one attached hydrogen (secondary N) is 2. The summed E-state index contributed by atoms with van der Waals surface area (Å²) in [6.07, 6.45) is 0.425. The molecule has 0 unspecified atom stereocenters. The molecular weight excluding hydrogens is 282 g/mol. The van der Waals surface area contributed by atoms with Crippen molar-refractivity contribution in [2.24, 2.45) is 5.92 Å². The summed E-state index contributed by atoms with van der Waals surface area (Å²) in [5.41, 5.74) is 0. The zero-order chi connectivity index (χ0) is 16.9. The van der Waals surface area contributed by atoms with E-state index in [0.29, 0.717) is 6.54 Å². The molecule has 22 heavy (non-hydrogen) atoms. The second kappa shape index (κ2) is 8.48. The molecule has 2 N–H and O–H groups in total. The number of amides is 2. The van der Waals surface area contributed by atoms with Gasteiger partial charge in [0.25, 0.3) is 0 Å². The van der Waals surface area contributed by atoms with E-state index >= 15 is 0 Å². The van der Waals surface area contributed by atoms with Crippen LogP contribution in [-0.4, -0.2) is 60.6 Å². The van der Waals surface area contributed by atoms with Crippen molar-refractivity contribution in [1.82, 2.24) is 15.5 Å². The smallest absolute Gasteiger partial charge is 0.242 e. The quantitative estimate of drug-likeness (QED) is 0.759. The van der Waals surface area contributed by atoms with Crippen molar-refractivity contribution in [3.63, 3.8) is 0 Å². The van der Waals surface area contributed by atoms with E-state index in [-0.39, 0.29) is 36.0 Å². The van der Waals surface area contributed by atoms with Crippen LogP contribution in [-0.2, 0) is 14.3 Å². The highest BCUT2D eigenvalue weighted by Crippen LogP contribution is 2.13. The minimum atomic E-state index is -0.479. The average Bonchev–Trinajstić information content (AvgIpc) is 2.40. The molecule has 1 aliphatic heterocycles. The van der Waals surface area contributed by atoms with E-state index in [1.165, 1.54) is 6.92 Å². The highest BCUT2D eigenvalue weighted by atomic mass is 16.5. The summed E-state index contributed by atoms with van der Waals surface area (Å²) in [4.78, 5) is 25.8. The summed E-state index contributed by atoms with van der Waals surface area (Å²) in [6.45, 7) is 13.8. The Morgan fingerprint density at radius 2 is 1.73 bits per heavy atom. The molecule has 0 saturated carbocycles. The SMILES string of the molecule is CC(=O)N[C@H](C(=O)NC[C@H](C)N1C[C@@H](C)O[C@@H](C)C1)C(C)C. The number of hydrogen-bond donors (Lipinski definition) is 2. The topological polar surface area (TPSA) is 70.7 Å². The van der Waals surface area contributed by atoms with Crippen LogP contribution >= 0.6 is 0 Å². The van der Waals surface area contributed by atoms with Gasteiger partial charge in [-0.25, -0.2) is 0 Å². The van der Waals surface area contributed by atoms with Gasteiger partial charge in [-0.2, -0.15) is 0 Å². The Hall–Kier alpha value is -1.14. The molecule has 0 bridgehead atoms. The first-order valence-electron chi connectivity index (χ1n) is 8.15. The minimum absolute atomic E-state index is 0.0580. The lowest BCUT2D eigenvalue weighted by Gasteiger charge is -2.39. The van der Waals surface area contributed by atoms with Crippen LogP contribution in [0.5, 0.6) is 0 Å². The molecule has 0 spiro atoms. The van der Waals surface area contributed by atoms with Gasteiger partial charge in [-0.1, -0.05) is 13.8 Å². The Morgan fingerprint density at radius 3 is 2.18 bits per heavy atom. The molecule has 4 atom stereocenters. The molecule has 0 aromatic rings. The van der Waals surface area contributed by atoms with Crippen LogP contribution in [0.1, 0.15) is 41.5 Å². The highest BCUT2D eigenvalue weighted by molar-refractivity contribution is 5.87. The Kier molecular flexibility index (Phi) is 7.29. The van der Waals surface area contributed by atoms with E-state index in [1.54, 1.807) is 0 Å². The van der Waals surface area contributed by atoms with Crippen LogP contribution in [0.25, 0.3) is 0 Å². The summed E-state index contributed by atoms with van der Waals surface area (Å²) < 4.78 is 5.73. The van der Waals surface area contributed by atoms with Gasteiger partial charge >= 0.3 is 0 Å². The third-order valence-corrected chi connectivity index (χ3v) is 3.95. The van der Waals surface area contributed by atoms with E-state index in [0.717, 1.165) is 13.1 Å². The lowest BCUT2D eigenvalue weighted by Crippen LogP contribution is -2.55. The third-order valence-electron chi connectivity index (χ3n) is 3.95. The molecule has 1 aliphatic rings. The van der Waals surface area contributed by atoms with Crippen LogP contribution < -0.4 is 10.6 Å². The second-order valence-electron chi connectivity index (χ2n) is 6.73. The maximum absolute atomic E-state index is 12.3. The fourth-order valence-corrected chi connectivity index (χ4v) is 2.82. The van der Waals surface area contributed by atoms with Crippen LogP contribution in [0, 0.1) is 5.92 Å². The fourth-order valence-electron chi connectivity index (χ4n) is 2.82. The van der Waals surface area contributed by atoms with E-state index in [9.17, 15) is 9.59 Å². The lowest BCUT2D eigenvalue weighted by molar-refractivity contribution is -0.129. The van der Waals surface area contributed by atoms with Gasteiger partial charge in [-0.3, -0.25) is 14.5 Å². The van der Waals surface area contributed by atoms with Gasteiger partial charge in [-0.15, -0.1) is 0 Å². The Labute approximate surface area is 134 Å². The van der Waals surface area contributed by atoms with Crippen LogP contribution in [0.3, 0.4) is 0 Å². The number of rotatable bonds is 6. The van der Waals surface area contributed by atoms with E-state index in [4.69, 9.17) is 4.74 Å². The molecule has 128 valence electrons. The van der Waals surface area contributed by atoms with Crippen molar-refractivity contribution in [3.8, 4) is 0 Å². The molecule has 1 saturated heterocycles. The predicted molar refractivity (Wildman–Crippen MR) is 86.5 cm³/mol. The second-order valence-corrected chi connectivity index (χ2v) is 6.73. The normalized spacial score (nSPS) is 25.6. The predicted octanol–water partition coefficient (Wildman–Crippen LogP) is 0.761. The van der Waals surface area contributed by atoms with Crippen molar-refractivity contribution in [2.75, 3.05) is 19.6 Å². The van der Waals surface area contributed by atoms with Crippen molar-refractivity contribution >= 4 is 11.8 Å². The number of hydrogen-bond acceptors (Lipinski definition) is 4. The van der Waals surface area contributed by atoms with Crippen molar-refractivity contribution in [3.05, 3.63) is 0 Å². The molecule has 1 fully saturated rings. The number of carbonyl (C=O) groups is 2. The molecule has 1 rings (SSSR count). The molecule has 6 heteroatoms. The summed E-state index contributed by atoms with van der Waals surface area (Å²) in [6, 6.07) is -0.241. The first-order chi connectivity index (χ1) is 10.2. The largest absolute Gasteiger partial charge is 0.373 e. The summed E-state index contributed by atoms with van der Waals surface area (Å²) in [5.74, 6) is -0.244. The first-order valence-corrected chi connectivity index (χ1v) is 8.15. The highest BCUT2D eigenvalue weighted by Gasteiger charge is 2.27. The molecule has 0 aromatic heterocycles. The van der Waals surface area contributed by atoms with Crippen molar-refractivity contribution in [1.29, 1.82) is 0 Å². The molecular formula is C16H31N3O3. The van der Waals surface area contributed by atoms with Gasteiger partial charge in [-0.05, 0) is 26.7 Å². The molecule has 6 nitrogen and oxygen atoms in total. The first kappa shape index (κ1) is 18.9. The maximum Gasteiger partial charge on any atom is 0.242 e. The Bertz CT molecular complexity index is 377. The van der Waals surface area contributed by atoms with E-state index in [1.807, 2.05) is 13.8 Å². The summed E-state index contributed by atoms with van der Waals surface area (Å²) in [7, 11) is 0. The van der Waals surface area contributed by atoms with E-state index in [2.05, 4.69) is 36.3 Å². The number of carbonyl (C=O) groups excluding carboxylic acids is 2. The fraction of sp³-hybridized carbons (Fsp3) is 0.875. The van der Waals surface area contributed by atoms with Crippen LogP contribution in [0.2, 0.25) is 0 Å². The molecule has 0 radical (unpaired) electrons. The van der Waals surface area contributed by atoms with Gasteiger partial charge in [0.15, 0.2) is 0 Å². The number of morpholine rings is 1. The van der Waals surface area contributed by atoms with Gasteiger partial charge in [0.1, 0.15) is 6.04 Å². The summed E-state index contributed by atoms with van der Waals surface area (Å²) >= 11 is 0. The molecule has 0 aliphatic carbocycles. The minimum Gasteiger partial charge on any atom is -0.373 e. The van der Waals surface area contributed by atoms with Crippen molar-refractivity contribution in [2.45, 2.75) is 65.8 Å². The summed E-state index contributed by atoms with van der Waals surface area (Å²) in [5, 5.41) is 5.67. The standard InChI is InChI=1S/C16H31N3O3/c1-10(2)15(18-14(6)20)16(21)17-7-11(3)19-8-12(4)22-13(5)9-19/h10-13,15H,7-9H2,1-6H3,(H,17,21)(H,18,20)/t11-,12-,13+,15-/m0/s1. The third kappa shape index (κ3) is 5.93. The van der Waals surface area contributed by atoms with Gasteiger partial charge < -0.3 is 15.4 Å². The van der Waals surface area contributed by atoms with Crippen molar-refractivity contribution < 1.29 is 14.3 Å².